The van der Waals surface area contributed by atoms with E-state index in [0.29, 0.717) is 12.1 Å². The van der Waals surface area contributed by atoms with Crippen LogP contribution >= 0.6 is 0 Å². The van der Waals surface area contributed by atoms with Gasteiger partial charge in [-0.15, -0.1) is 0 Å². The highest BCUT2D eigenvalue weighted by atomic mass is 16.6. The van der Waals surface area contributed by atoms with Crippen LogP contribution in [-0.2, 0) is 10.2 Å². The van der Waals surface area contributed by atoms with Crippen molar-refractivity contribution in [1.29, 1.82) is 5.26 Å². The minimum Gasteiger partial charge on any atom is -0.444 e. The predicted molar refractivity (Wildman–Crippen MR) is 133 cm³/mol. The Kier molecular flexibility index (Phi) is 5.78. The van der Waals surface area contributed by atoms with Gasteiger partial charge in [0.05, 0.1) is 17.7 Å². The third-order valence-electron chi connectivity index (χ3n) is 7.39. The van der Waals surface area contributed by atoms with Gasteiger partial charge in [0.1, 0.15) is 29.4 Å². The maximum Gasteiger partial charge on any atom is 0.410 e. The number of fused-ring (bicyclic) bond motifs is 2. The molecule has 9 nitrogen and oxygen atoms in total. The van der Waals surface area contributed by atoms with E-state index in [4.69, 9.17) is 14.7 Å². The number of amides is 1. The Bertz CT molecular complexity index is 1170. The Labute approximate surface area is 206 Å². The van der Waals surface area contributed by atoms with E-state index in [0.717, 1.165) is 56.4 Å². The molecule has 5 rings (SSSR count). The number of rotatable bonds is 4. The highest BCUT2D eigenvalue weighted by Crippen LogP contribution is 2.56. The van der Waals surface area contributed by atoms with Crippen LogP contribution in [0.4, 0.5) is 22.2 Å². The number of hydrogen-bond donors (Lipinski definition) is 0. The molecule has 2 aliphatic heterocycles. The number of nitriles is 1. The number of carbonyl (C=O) groups is 1. The molecular weight excluding hydrogens is 442 g/mol. The second-order valence-corrected chi connectivity index (χ2v) is 10.8. The SMILES string of the molecule is CCN(C(=O)OC(C)(C)C)C1CCN(c2ncnc3c2C2(CCC2)CN3c2cc(C#N)ccn2)C1. The van der Waals surface area contributed by atoms with Crippen LogP contribution in [0, 0.1) is 11.3 Å². The van der Waals surface area contributed by atoms with Crippen molar-refractivity contribution in [3.63, 3.8) is 0 Å². The fraction of sp³-hybridized carbons (Fsp3) is 0.577. The van der Waals surface area contributed by atoms with Gasteiger partial charge < -0.3 is 19.4 Å². The molecule has 0 bridgehead atoms. The molecule has 0 N–H and O–H groups in total. The van der Waals surface area contributed by atoms with Crippen LogP contribution in [0.3, 0.4) is 0 Å². The summed E-state index contributed by atoms with van der Waals surface area (Å²) in [6, 6.07) is 5.84. The van der Waals surface area contributed by atoms with Crippen molar-refractivity contribution in [2.75, 3.05) is 36.0 Å². The molecule has 2 aromatic heterocycles. The second kappa shape index (κ2) is 8.67. The molecule has 0 radical (unpaired) electrons. The van der Waals surface area contributed by atoms with Crippen LogP contribution in [0.1, 0.15) is 64.5 Å². The molecule has 2 aromatic rings. The Hall–Kier alpha value is -3.41. The summed E-state index contributed by atoms with van der Waals surface area (Å²) < 4.78 is 5.67. The zero-order valence-electron chi connectivity index (χ0n) is 21.0. The Morgan fingerprint density at radius 1 is 1.29 bits per heavy atom. The van der Waals surface area contributed by atoms with E-state index in [1.807, 2.05) is 38.7 Å². The van der Waals surface area contributed by atoms with E-state index in [2.05, 4.69) is 20.9 Å². The minimum atomic E-state index is -0.521. The number of likely N-dealkylation sites (N-methyl/N-ethyl adjacent to an activating group) is 1. The van der Waals surface area contributed by atoms with Gasteiger partial charge in [-0.25, -0.2) is 19.7 Å². The zero-order valence-corrected chi connectivity index (χ0v) is 21.0. The number of ether oxygens (including phenoxy) is 1. The molecule has 2 fully saturated rings. The van der Waals surface area contributed by atoms with Gasteiger partial charge in [-0.1, -0.05) is 6.42 Å². The largest absolute Gasteiger partial charge is 0.444 e. The molecule has 1 saturated heterocycles. The molecular formula is C26H33N7O2. The summed E-state index contributed by atoms with van der Waals surface area (Å²) in [7, 11) is 0. The molecule has 184 valence electrons. The van der Waals surface area contributed by atoms with Crippen molar-refractivity contribution in [1.82, 2.24) is 19.9 Å². The van der Waals surface area contributed by atoms with Crippen LogP contribution in [0.25, 0.3) is 0 Å². The molecule has 1 unspecified atom stereocenters. The lowest BCUT2D eigenvalue weighted by Crippen LogP contribution is -2.45. The molecule has 9 heteroatoms. The summed E-state index contributed by atoms with van der Waals surface area (Å²) in [4.78, 5) is 33.2. The molecule has 1 atom stereocenters. The van der Waals surface area contributed by atoms with Gasteiger partial charge in [0.25, 0.3) is 0 Å². The first-order valence-electron chi connectivity index (χ1n) is 12.5. The lowest BCUT2D eigenvalue weighted by molar-refractivity contribution is 0.0191. The molecule has 0 aromatic carbocycles. The maximum atomic E-state index is 12.8. The van der Waals surface area contributed by atoms with Gasteiger partial charge in [-0.05, 0) is 59.1 Å². The first-order valence-corrected chi connectivity index (χ1v) is 12.5. The number of aromatic nitrogens is 3. The van der Waals surface area contributed by atoms with Crippen LogP contribution in [0.15, 0.2) is 24.7 Å². The van der Waals surface area contributed by atoms with Crippen molar-refractivity contribution in [3.05, 3.63) is 35.8 Å². The number of hydrogen-bond acceptors (Lipinski definition) is 8. The summed E-state index contributed by atoms with van der Waals surface area (Å²) in [5.41, 5.74) is 1.26. The number of nitrogens with zero attached hydrogens (tertiary/aromatic N) is 7. The third-order valence-corrected chi connectivity index (χ3v) is 7.39. The van der Waals surface area contributed by atoms with Crippen LogP contribution < -0.4 is 9.80 Å². The fourth-order valence-corrected chi connectivity index (χ4v) is 5.62. The average molecular weight is 476 g/mol. The minimum absolute atomic E-state index is 0.00392. The van der Waals surface area contributed by atoms with Crippen LogP contribution in [-0.4, -0.2) is 63.8 Å². The molecule has 3 aliphatic rings. The molecule has 1 amide bonds. The van der Waals surface area contributed by atoms with E-state index in [1.54, 1.807) is 18.6 Å². The summed E-state index contributed by atoms with van der Waals surface area (Å²) in [6.07, 6.45) is 7.28. The standard InChI is InChI=1S/C26H33N7O2/c1-5-32(24(34)35-25(2,3)4)19-8-12-31(15-19)22-21-23(30-17-29-22)33(16-26(21)9-6-10-26)20-13-18(14-27)7-11-28-20/h7,11,13,17,19H,5-6,8-10,12,15-16H2,1-4H3. The topological polar surface area (TPSA) is 98.5 Å². The van der Waals surface area contributed by atoms with Gasteiger partial charge >= 0.3 is 6.09 Å². The van der Waals surface area contributed by atoms with Crippen molar-refractivity contribution in [2.24, 2.45) is 0 Å². The first kappa shape index (κ1) is 23.3. The predicted octanol–water partition coefficient (Wildman–Crippen LogP) is 4.15. The molecule has 1 aliphatic carbocycles. The monoisotopic (exact) mass is 475 g/mol. The van der Waals surface area contributed by atoms with Crippen molar-refractivity contribution in [2.45, 2.75) is 70.4 Å². The summed E-state index contributed by atoms with van der Waals surface area (Å²) in [5.74, 6) is 2.61. The Morgan fingerprint density at radius 3 is 2.71 bits per heavy atom. The van der Waals surface area contributed by atoms with Crippen LogP contribution in [0.5, 0.6) is 0 Å². The van der Waals surface area contributed by atoms with E-state index in [9.17, 15) is 10.1 Å². The first-order chi connectivity index (χ1) is 16.7. The Morgan fingerprint density at radius 2 is 2.06 bits per heavy atom. The summed E-state index contributed by atoms with van der Waals surface area (Å²) in [5, 5.41) is 9.37. The molecule has 4 heterocycles. The van der Waals surface area contributed by atoms with Crippen molar-refractivity contribution in [3.8, 4) is 6.07 Å². The maximum absolute atomic E-state index is 12.8. The zero-order chi connectivity index (χ0) is 24.8. The average Bonchev–Trinajstić information content (AvgIpc) is 3.42. The van der Waals surface area contributed by atoms with E-state index >= 15 is 0 Å². The number of anilines is 3. The third kappa shape index (κ3) is 4.15. The second-order valence-electron chi connectivity index (χ2n) is 10.8. The Balaban J connectivity index is 1.44. The normalized spacial score (nSPS) is 20.4. The molecule has 1 spiro atoms. The molecule has 1 saturated carbocycles. The van der Waals surface area contributed by atoms with Crippen molar-refractivity contribution >= 4 is 23.5 Å². The summed E-state index contributed by atoms with van der Waals surface area (Å²) >= 11 is 0. The van der Waals surface area contributed by atoms with E-state index in [1.165, 1.54) is 12.0 Å². The van der Waals surface area contributed by atoms with Gasteiger partial charge in [-0.2, -0.15) is 5.26 Å². The molecule has 35 heavy (non-hydrogen) atoms. The lowest BCUT2D eigenvalue weighted by atomic mass is 9.66. The lowest BCUT2D eigenvalue weighted by Gasteiger charge is -2.40. The highest BCUT2D eigenvalue weighted by Gasteiger charge is 2.51. The van der Waals surface area contributed by atoms with E-state index in [-0.39, 0.29) is 17.6 Å². The number of carbonyl (C=O) groups excluding carboxylic acids is 1. The van der Waals surface area contributed by atoms with Crippen LogP contribution in [0.2, 0.25) is 0 Å². The van der Waals surface area contributed by atoms with Crippen molar-refractivity contribution < 1.29 is 9.53 Å². The van der Waals surface area contributed by atoms with Gasteiger partial charge in [0.2, 0.25) is 0 Å². The van der Waals surface area contributed by atoms with Gasteiger partial charge in [-0.3, -0.25) is 0 Å². The summed E-state index contributed by atoms with van der Waals surface area (Å²) in [6.45, 7) is 10.6. The van der Waals surface area contributed by atoms with Gasteiger partial charge in [0, 0.05) is 43.4 Å². The highest BCUT2D eigenvalue weighted by molar-refractivity contribution is 5.75. The van der Waals surface area contributed by atoms with Gasteiger partial charge in [0.15, 0.2) is 0 Å². The smallest absolute Gasteiger partial charge is 0.410 e. The quantitative estimate of drug-likeness (QED) is 0.650. The number of pyridine rings is 1. The van der Waals surface area contributed by atoms with E-state index < -0.39 is 5.60 Å². The fourth-order valence-electron chi connectivity index (χ4n) is 5.62.